The van der Waals surface area contributed by atoms with Crippen molar-refractivity contribution in [2.75, 3.05) is 30.3 Å². The number of rotatable bonds is 1. The molecule has 0 amide bonds. The van der Waals surface area contributed by atoms with Crippen molar-refractivity contribution in [2.24, 2.45) is 0 Å². The van der Waals surface area contributed by atoms with Gasteiger partial charge in [-0.2, -0.15) is 0 Å². The van der Waals surface area contributed by atoms with Crippen molar-refractivity contribution in [3.8, 4) is 0 Å². The third-order valence-corrected chi connectivity index (χ3v) is 2.99. The molecule has 1 saturated heterocycles. The fourth-order valence-electron chi connectivity index (χ4n) is 2.04. The standard InChI is InChI=1S/C12H17ClN2O/c1-12(2)8-15(5-6-16-12)11-4-3-9(13)7-10(11)14/h3-4,7H,5-6,8,14H2,1-2H3. The molecule has 0 saturated carbocycles. The first kappa shape index (κ1) is 11.6. The quantitative estimate of drug-likeness (QED) is 0.767. The van der Waals surface area contributed by atoms with E-state index < -0.39 is 0 Å². The molecule has 1 aliphatic rings. The molecule has 88 valence electrons. The van der Waals surface area contributed by atoms with Gasteiger partial charge in [0, 0.05) is 18.1 Å². The van der Waals surface area contributed by atoms with Crippen molar-refractivity contribution in [1.29, 1.82) is 0 Å². The van der Waals surface area contributed by atoms with E-state index in [9.17, 15) is 0 Å². The second-order valence-electron chi connectivity index (χ2n) is 4.73. The predicted octanol–water partition coefficient (Wildman–Crippen LogP) is 2.54. The van der Waals surface area contributed by atoms with E-state index in [1.807, 2.05) is 12.1 Å². The van der Waals surface area contributed by atoms with Gasteiger partial charge in [-0.25, -0.2) is 0 Å². The van der Waals surface area contributed by atoms with Gasteiger partial charge in [-0.05, 0) is 32.0 Å². The fourth-order valence-corrected chi connectivity index (χ4v) is 2.22. The lowest BCUT2D eigenvalue weighted by molar-refractivity contribution is -0.0276. The largest absolute Gasteiger partial charge is 0.397 e. The maximum absolute atomic E-state index is 5.97. The maximum Gasteiger partial charge on any atom is 0.0801 e. The zero-order valence-corrected chi connectivity index (χ0v) is 10.4. The number of anilines is 2. The van der Waals surface area contributed by atoms with Crippen LogP contribution in [0.4, 0.5) is 11.4 Å². The molecule has 2 N–H and O–H groups in total. The lowest BCUT2D eigenvalue weighted by atomic mass is 10.1. The fraction of sp³-hybridized carbons (Fsp3) is 0.500. The third kappa shape index (κ3) is 2.42. The number of benzene rings is 1. The first-order valence-corrected chi connectivity index (χ1v) is 5.80. The number of nitrogens with two attached hydrogens (primary N) is 1. The summed E-state index contributed by atoms with van der Waals surface area (Å²) in [6.07, 6.45) is 0. The zero-order chi connectivity index (χ0) is 11.8. The van der Waals surface area contributed by atoms with Gasteiger partial charge in [-0.3, -0.25) is 0 Å². The Labute approximate surface area is 101 Å². The van der Waals surface area contributed by atoms with E-state index in [1.165, 1.54) is 0 Å². The summed E-state index contributed by atoms with van der Waals surface area (Å²) in [5.74, 6) is 0. The molecule has 0 aliphatic carbocycles. The van der Waals surface area contributed by atoms with Crippen molar-refractivity contribution in [3.05, 3.63) is 23.2 Å². The van der Waals surface area contributed by atoms with Crippen molar-refractivity contribution in [3.63, 3.8) is 0 Å². The van der Waals surface area contributed by atoms with Crippen LogP contribution in [0.5, 0.6) is 0 Å². The lowest BCUT2D eigenvalue weighted by Crippen LogP contribution is -2.48. The summed E-state index contributed by atoms with van der Waals surface area (Å²) in [6.45, 7) is 6.62. The summed E-state index contributed by atoms with van der Waals surface area (Å²) in [5.41, 5.74) is 7.62. The Morgan fingerprint density at radius 2 is 2.19 bits per heavy atom. The molecule has 3 nitrogen and oxygen atoms in total. The summed E-state index contributed by atoms with van der Waals surface area (Å²) >= 11 is 5.89. The van der Waals surface area contributed by atoms with Gasteiger partial charge in [0.05, 0.1) is 23.6 Å². The first-order valence-electron chi connectivity index (χ1n) is 5.42. The smallest absolute Gasteiger partial charge is 0.0801 e. The second kappa shape index (κ2) is 4.15. The molecule has 2 rings (SSSR count). The molecule has 0 bridgehead atoms. The van der Waals surface area contributed by atoms with Crippen LogP contribution in [-0.4, -0.2) is 25.3 Å². The number of nitrogen functional groups attached to an aromatic ring is 1. The molecule has 0 radical (unpaired) electrons. The Morgan fingerprint density at radius 3 is 2.81 bits per heavy atom. The van der Waals surface area contributed by atoms with Crippen LogP contribution in [0.1, 0.15) is 13.8 Å². The summed E-state index contributed by atoms with van der Waals surface area (Å²) in [7, 11) is 0. The van der Waals surface area contributed by atoms with Crippen LogP contribution in [0.25, 0.3) is 0 Å². The van der Waals surface area contributed by atoms with Gasteiger partial charge >= 0.3 is 0 Å². The van der Waals surface area contributed by atoms with E-state index in [1.54, 1.807) is 6.07 Å². The van der Waals surface area contributed by atoms with Crippen molar-refractivity contribution in [1.82, 2.24) is 0 Å². The van der Waals surface area contributed by atoms with Gasteiger partial charge in [-0.15, -0.1) is 0 Å². The average Bonchev–Trinajstić information content (AvgIpc) is 2.15. The van der Waals surface area contributed by atoms with Gasteiger partial charge in [0.1, 0.15) is 0 Å². The minimum atomic E-state index is -0.121. The summed E-state index contributed by atoms with van der Waals surface area (Å²) < 4.78 is 5.67. The molecular weight excluding hydrogens is 224 g/mol. The van der Waals surface area contributed by atoms with Crippen LogP contribution in [0.2, 0.25) is 5.02 Å². The molecule has 1 heterocycles. The Hall–Kier alpha value is -0.930. The molecule has 1 aliphatic heterocycles. The molecule has 0 aromatic heterocycles. The highest BCUT2D eigenvalue weighted by Gasteiger charge is 2.27. The second-order valence-corrected chi connectivity index (χ2v) is 5.17. The SMILES string of the molecule is CC1(C)CN(c2ccc(Cl)cc2N)CCO1. The van der Waals surface area contributed by atoms with Crippen LogP contribution in [0.15, 0.2) is 18.2 Å². The highest BCUT2D eigenvalue weighted by molar-refractivity contribution is 6.31. The van der Waals surface area contributed by atoms with Crippen LogP contribution in [-0.2, 0) is 4.74 Å². The number of hydrogen-bond acceptors (Lipinski definition) is 3. The summed E-state index contributed by atoms with van der Waals surface area (Å²) in [4.78, 5) is 2.25. The molecule has 0 spiro atoms. The van der Waals surface area contributed by atoms with E-state index in [0.29, 0.717) is 5.02 Å². The molecule has 1 fully saturated rings. The Balaban J connectivity index is 2.23. The molecule has 4 heteroatoms. The van der Waals surface area contributed by atoms with Crippen molar-refractivity contribution < 1.29 is 4.74 Å². The molecule has 0 atom stereocenters. The third-order valence-electron chi connectivity index (χ3n) is 2.76. The van der Waals surface area contributed by atoms with E-state index in [2.05, 4.69) is 18.7 Å². The highest BCUT2D eigenvalue weighted by Crippen LogP contribution is 2.29. The summed E-state index contributed by atoms with van der Waals surface area (Å²) in [5, 5.41) is 0.675. The zero-order valence-electron chi connectivity index (χ0n) is 9.66. The Kier molecular flexibility index (Phi) is 3.00. The number of ether oxygens (including phenoxy) is 1. The van der Waals surface area contributed by atoms with E-state index >= 15 is 0 Å². The van der Waals surface area contributed by atoms with Crippen LogP contribution < -0.4 is 10.6 Å². The monoisotopic (exact) mass is 240 g/mol. The van der Waals surface area contributed by atoms with Crippen molar-refractivity contribution >= 4 is 23.0 Å². The molecular formula is C12H17ClN2O. The minimum Gasteiger partial charge on any atom is -0.397 e. The van der Waals surface area contributed by atoms with E-state index in [0.717, 1.165) is 31.1 Å². The molecule has 1 aromatic carbocycles. The van der Waals surface area contributed by atoms with Crippen LogP contribution in [0.3, 0.4) is 0 Å². The predicted molar refractivity (Wildman–Crippen MR) is 68.1 cm³/mol. The molecule has 16 heavy (non-hydrogen) atoms. The Morgan fingerprint density at radius 1 is 1.44 bits per heavy atom. The van der Waals surface area contributed by atoms with Crippen LogP contribution >= 0.6 is 11.6 Å². The van der Waals surface area contributed by atoms with Crippen molar-refractivity contribution in [2.45, 2.75) is 19.4 Å². The normalized spacial score (nSPS) is 19.8. The van der Waals surface area contributed by atoms with E-state index in [-0.39, 0.29) is 5.60 Å². The number of halogens is 1. The number of nitrogens with zero attached hydrogens (tertiary/aromatic N) is 1. The molecule has 0 unspecified atom stereocenters. The van der Waals surface area contributed by atoms with Gasteiger partial charge in [0.25, 0.3) is 0 Å². The van der Waals surface area contributed by atoms with Crippen LogP contribution in [0, 0.1) is 0 Å². The molecule has 1 aromatic rings. The topological polar surface area (TPSA) is 38.5 Å². The highest BCUT2D eigenvalue weighted by atomic mass is 35.5. The first-order chi connectivity index (χ1) is 7.48. The van der Waals surface area contributed by atoms with Gasteiger partial charge in [0.15, 0.2) is 0 Å². The van der Waals surface area contributed by atoms with Gasteiger partial charge in [0.2, 0.25) is 0 Å². The minimum absolute atomic E-state index is 0.121. The summed E-state index contributed by atoms with van der Waals surface area (Å²) in [6, 6.07) is 5.63. The number of morpholine rings is 1. The van der Waals surface area contributed by atoms with Gasteiger partial charge in [-0.1, -0.05) is 11.6 Å². The Bertz CT molecular complexity index is 393. The van der Waals surface area contributed by atoms with E-state index in [4.69, 9.17) is 22.1 Å². The maximum atomic E-state index is 5.97. The number of hydrogen-bond donors (Lipinski definition) is 1. The average molecular weight is 241 g/mol. The lowest BCUT2D eigenvalue weighted by Gasteiger charge is -2.39. The van der Waals surface area contributed by atoms with Gasteiger partial charge < -0.3 is 15.4 Å².